The van der Waals surface area contributed by atoms with Gasteiger partial charge in [0.2, 0.25) is 5.91 Å². The van der Waals surface area contributed by atoms with Crippen LogP contribution in [0.4, 0.5) is 5.69 Å². The SMILES string of the molecule is CCOC(=O)c1ccc(NC(=O)Cn2c(=O)n(CC(C)C)c(=O)c3ccccc32)cc1. The Morgan fingerprint density at radius 3 is 2.32 bits per heavy atom. The number of aromatic nitrogens is 2. The van der Waals surface area contributed by atoms with Crippen LogP contribution in [0.5, 0.6) is 0 Å². The number of fused-ring (bicyclic) bond motifs is 1. The number of anilines is 1. The second-order valence-corrected chi connectivity index (χ2v) is 7.54. The summed E-state index contributed by atoms with van der Waals surface area (Å²) < 4.78 is 7.42. The molecule has 1 amide bonds. The number of ether oxygens (including phenoxy) is 1. The molecule has 0 unspecified atom stereocenters. The quantitative estimate of drug-likeness (QED) is 0.589. The maximum Gasteiger partial charge on any atom is 0.338 e. The maximum absolute atomic E-state index is 13.0. The summed E-state index contributed by atoms with van der Waals surface area (Å²) in [6.45, 7) is 5.84. The Bertz CT molecular complexity index is 1220. The van der Waals surface area contributed by atoms with E-state index in [0.717, 1.165) is 0 Å². The van der Waals surface area contributed by atoms with Crippen LogP contribution in [-0.4, -0.2) is 27.6 Å². The molecular formula is C23H25N3O5. The molecule has 0 aliphatic carbocycles. The number of nitrogens with zero attached hydrogens (tertiary/aromatic N) is 2. The van der Waals surface area contributed by atoms with Crippen LogP contribution in [0.1, 0.15) is 31.1 Å². The fraction of sp³-hybridized carbons (Fsp3) is 0.304. The van der Waals surface area contributed by atoms with Crippen molar-refractivity contribution in [3.8, 4) is 0 Å². The molecule has 1 N–H and O–H groups in total. The Kier molecular flexibility index (Phi) is 6.69. The van der Waals surface area contributed by atoms with Crippen molar-refractivity contribution in [1.29, 1.82) is 0 Å². The second-order valence-electron chi connectivity index (χ2n) is 7.54. The molecule has 0 radical (unpaired) electrons. The van der Waals surface area contributed by atoms with Gasteiger partial charge in [0.25, 0.3) is 5.56 Å². The third kappa shape index (κ3) is 4.91. The largest absolute Gasteiger partial charge is 0.462 e. The van der Waals surface area contributed by atoms with Crippen LogP contribution < -0.4 is 16.6 Å². The molecule has 0 fully saturated rings. The lowest BCUT2D eigenvalue weighted by Crippen LogP contribution is -2.42. The van der Waals surface area contributed by atoms with E-state index >= 15 is 0 Å². The molecule has 31 heavy (non-hydrogen) atoms. The van der Waals surface area contributed by atoms with Gasteiger partial charge in [-0.3, -0.25) is 18.7 Å². The number of benzene rings is 2. The molecule has 8 heteroatoms. The molecular weight excluding hydrogens is 398 g/mol. The van der Waals surface area contributed by atoms with E-state index < -0.39 is 17.6 Å². The molecule has 0 aliphatic heterocycles. The second kappa shape index (κ2) is 9.42. The molecule has 3 aromatic rings. The summed E-state index contributed by atoms with van der Waals surface area (Å²) in [5, 5.41) is 3.10. The molecule has 1 aromatic heterocycles. The smallest absolute Gasteiger partial charge is 0.338 e. The molecule has 2 aromatic carbocycles. The highest BCUT2D eigenvalue weighted by atomic mass is 16.5. The summed E-state index contributed by atoms with van der Waals surface area (Å²) >= 11 is 0. The van der Waals surface area contributed by atoms with Gasteiger partial charge in [-0.1, -0.05) is 26.0 Å². The number of hydrogen-bond acceptors (Lipinski definition) is 5. The van der Waals surface area contributed by atoms with Gasteiger partial charge < -0.3 is 10.1 Å². The third-order valence-corrected chi connectivity index (χ3v) is 4.66. The van der Waals surface area contributed by atoms with Crippen molar-refractivity contribution in [3.05, 3.63) is 74.9 Å². The maximum atomic E-state index is 13.0. The molecule has 0 bridgehead atoms. The van der Waals surface area contributed by atoms with Crippen molar-refractivity contribution in [2.24, 2.45) is 5.92 Å². The standard InChI is InChI=1S/C23H25N3O5/c1-4-31-22(29)16-9-11-17(12-10-16)24-20(27)14-25-19-8-6-5-7-18(19)21(28)26(23(25)30)13-15(2)3/h5-12,15H,4,13-14H2,1-3H3,(H,24,27). The predicted octanol–water partition coefficient (Wildman–Crippen LogP) is 2.63. The van der Waals surface area contributed by atoms with E-state index in [1.807, 2.05) is 13.8 Å². The van der Waals surface area contributed by atoms with Gasteiger partial charge in [0.15, 0.2) is 0 Å². The summed E-state index contributed by atoms with van der Waals surface area (Å²) in [4.78, 5) is 50.2. The van der Waals surface area contributed by atoms with E-state index in [1.165, 1.54) is 9.13 Å². The molecule has 0 aliphatic rings. The van der Waals surface area contributed by atoms with E-state index in [4.69, 9.17) is 4.74 Å². The van der Waals surface area contributed by atoms with Crippen molar-refractivity contribution in [2.75, 3.05) is 11.9 Å². The van der Waals surface area contributed by atoms with Gasteiger partial charge in [0.05, 0.1) is 23.1 Å². The van der Waals surface area contributed by atoms with E-state index in [9.17, 15) is 19.2 Å². The fourth-order valence-corrected chi connectivity index (χ4v) is 3.30. The number of carbonyl (C=O) groups excluding carboxylic acids is 2. The minimum absolute atomic E-state index is 0.0896. The molecule has 3 rings (SSSR count). The van der Waals surface area contributed by atoms with Gasteiger partial charge in [-0.05, 0) is 49.2 Å². The molecule has 1 heterocycles. The number of para-hydroxylation sites is 1. The first-order valence-electron chi connectivity index (χ1n) is 10.1. The average molecular weight is 423 g/mol. The molecule has 0 spiro atoms. The van der Waals surface area contributed by atoms with Gasteiger partial charge in [0, 0.05) is 12.2 Å². The highest BCUT2D eigenvalue weighted by Gasteiger charge is 2.16. The van der Waals surface area contributed by atoms with E-state index in [1.54, 1.807) is 55.5 Å². The van der Waals surface area contributed by atoms with Gasteiger partial charge in [0.1, 0.15) is 6.54 Å². The summed E-state index contributed by atoms with van der Waals surface area (Å²) in [5.41, 5.74) is 0.379. The van der Waals surface area contributed by atoms with Crippen LogP contribution in [0.2, 0.25) is 0 Å². The van der Waals surface area contributed by atoms with Crippen LogP contribution in [0, 0.1) is 5.92 Å². The summed E-state index contributed by atoms with van der Waals surface area (Å²) in [5.74, 6) is -0.775. The molecule has 162 valence electrons. The molecule has 0 atom stereocenters. The highest BCUT2D eigenvalue weighted by Crippen LogP contribution is 2.12. The van der Waals surface area contributed by atoms with Gasteiger partial charge in [-0.15, -0.1) is 0 Å². The topological polar surface area (TPSA) is 99.4 Å². The number of esters is 1. The van der Waals surface area contributed by atoms with Crippen LogP contribution in [0.3, 0.4) is 0 Å². The lowest BCUT2D eigenvalue weighted by Gasteiger charge is -2.15. The minimum atomic E-state index is -0.523. The van der Waals surface area contributed by atoms with E-state index in [0.29, 0.717) is 22.2 Å². The Labute approximate surface area is 179 Å². The highest BCUT2D eigenvalue weighted by molar-refractivity contribution is 5.93. The Morgan fingerprint density at radius 2 is 1.68 bits per heavy atom. The first-order chi connectivity index (χ1) is 14.8. The number of hydrogen-bond donors (Lipinski definition) is 1. The lowest BCUT2D eigenvalue weighted by atomic mass is 10.2. The van der Waals surface area contributed by atoms with Crippen molar-refractivity contribution in [1.82, 2.24) is 9.13 Å². The van der Waals surface area contributed by atoms with Crippen molar-refractivity contribution in [3.63, 3.8) is 0 Å². The van der Waals surface area contributed by atoms with E-state index in [-0.39, 0.29) is 31.2 Å². The summed E-state index contributed by atoms with van der Waals surface area (Å²) in [6.07, 6.45) is 0. The average Bonchev–Trinajstić information content (AvgIpc) is 2.74. The van der Waals surface area contributed by atoms with E-state index in [2.05, 4.69) is 5.32 Å². The predicted molar refractivity (Wildman–Crippen MR) is 118 cm³/mol. The van der Waals surface area contributed by atoms with Gasteiger partial charge >= 0.3 is 11.7 Å². The minimum Gasteiger partial charge on any atom is -0.462 e. The Balaban J connectivity index is 1.89. The number of rotatable bonds is 7. The first kappa shape index (κ1) is 22.0. The number of carbonyl (C=O) groups is 2. The molecule has 8 nitrogen and oxygen atoms in total. The van der Waals surface area contributed by atoms with Crippen molar-refractivity contribution in [2.45, 2.75) is 33.9 Å². The third-order valence-electron chi connectivity index (χ3n) is 4.66. The fourth-order valence-electron chi connectivity index (χ4n) is 3.30. The summed E-state index contributed by atoms with van der Waals surface area (Å²) in [6, 6.07) is 13.0. The molecule has 0 saturated carbocycles. The monoisotopic (exact) mass is 423 g/mol. The van der Waals surface area contributed by atoms with Crippen LogP contribution in [0.15, 0.2) is 58.1 Å². The normalized spacial score (nSPS) is 11.0. The van der Waals surface area contributed by atoms with Gasteiger partial charge in [-0.2, -0.15) is 0 Å². The zero-order chi connectivity index (χ0) is 22.5. The lowest BCUT2D eigenvalue weighted by molar-refractivity contribution is -0.116. The molecule has 0 saturated heterocycles. The van der Waals surface area contributed by atoms with Gasteiger partial charge in [-0.25, -0.2) is 9.59 Å². The zero-order valence-electron chi connectivity index (χ0n) is 17.8. The Hall–Kier alpha value is -3.68. The van der Waals surface area contributed by atoms with Crippen LogP contribution >= 0.6 is 0 Å². The first-order valence-corrected chi connectivity index (χ1v) is 10.1. The van der Waals surface area contributed by atoms with Crippen molar-refractivity contribution < 1.29 is 14.3 Å². The Morgan fingerprint density at radius 1 is 1.00 bits per heavy atom. The zero-order valence-corrected chi connectivity index (χ0v) is 17.8. The number of nitrogens with one attached hydrogen (secondary N) is 1. The van der Waals surface area contributed by atoms with Crippen LogP contribution in [0.25, 0.3) is 10.9 Å². The number of amides is 1. The van der Waals surface area contributed by atoms with Crippen LogP contribution in [-0.2, 0) is 22.6 Å². The summed E-state index contributed by atoms with van der Waals surface area (Å²) in [7, 11) is 0. The van der Waals surface area contributed by atoms with Crippen molar-refractivity contribution >= 4 is 28.5 Å².